The molecule has 72 valence electrons. The minimum atomic E-state index is -1.48. The highest BCUT2D eigenvalue weighted by atomic mass is 16.5. The third-order valence-electron chi connectivity index (χ3n) is 1.37. The molecule has 1 unspecified atom stereocenters. The van der Waals surface area contributed by atoms with Gasteiger partial charge in [-0.05, 0) is 0 Å². The van der Waals surface area contributed by atoms with E-state index < -0.39 is 31.5 Å². The zero-order valence-corrected chi connectivity index (χ0v) is 6.33. The van der Waals surface area contributed by atoms with Gasteiger partial charge >= 0.3 is 0 Å². The lowest BCUT2D eigenvalue weighted by Crippen LogP contribution is -2.42. The summed E-state index contributed by atoms with van der Waals surface area (Å²) in [6.07, 6.45) is -4.11. The number of carbonyl (C=O) groups excluding carboxylic acids is 1. The summed E-state index contributed by atoms with van der Waals surface area (Å²) < 4.78 is 4.22. The Balaban J connectivity index is 3.99. The number of hydrogen-bond donors (Lipinski definition) is 4. The van der Waals surface area contributed by atoms with E-state index in [0.29, 0.717) is 0 Å². The van der Waals surface area contributed by atoms with Crippen LogP contribution in [0.1, 0.15) is 0 Å². The van der Waals surface area contributed by atoms with Gasteiger partial charge in [-0.1, -0.05) is 0 Å². The minimum absolute atomic E-state index is 0.0498. The van der Waals surface area contributed by atoms with E-state index in [9.17, 15) is 4.79 Å². The first kappa shape index (κ1) is 11.3. The molecule has 6 nitrogen and oxygen atoms in total. The fourth-order valence-corrected chi connectivity index (χ4v) is 0.659. The van der Waals surface area contributed by atoms with Gasteiger partial charge in [-0.3, -0.25) is 4.79 Å². The zero-order chi connectivity index (χ0) is 9.56. The molecule has 0 saturated carbocycles. The normalized spacial score (nSPS) is 18.0. The molecule has 12 heavy (non-hydrogen) atoms. The van der Waals surface area contributed by atoms with Crippen LogP contribution in [0.3, 0.4) is 0 Å². The van der Waals surface area contributed by atoms with Crippen molar-refractivity contribution >= 4 is 6.47 Å². The highest BCUT2D eigenvalue weighted by Gasteiger charge is 2.26. The number of hydrogen-bond acceptors (Lipinski definition) is 6. The Morgan fingerprint density at radius 2 is 1.83 bits per heavy atom. The van der Waals surface area contributed by atoms with Gasteiger partial charge in [-0.25, -0.2) is 0 Å². The third kappa shape index (κ3) is 3.14. The van der Waals surface area contributed by atoms with Gasteiger partial charge in [0.1, 0.15) is 12.2 Å². The molecular formula is C6H12O6. The predicted molar refractivity (Wildman–Crippen MR) is 37.1 cm³/mol. The summed E-state index contributed by atoms with van der Waals surface area (Å²) in [6.45, 7) is -1.23. The number of aliphatic hydroxyl groups excluding tert-OH is 4. The summed E-state index contributed by atoms with van der Waals surface area (Å²) in [5.74, 6) is 0. The van der Waals surface area contributed by atoms with Gasteiger partial charge in [0.05, 0.1) is 13.2 Å². The molecule has 0 rings (SSSR count). The van der Waals surface area contributed by atoms with Crippen molar-refractivity contribution in [2.24, 2.45) is 0 Å². The highest BCUT2D eigenvalue weighted by Crippen LogP contribution is 2.02. The fourth-order valence-electron chi connectivity index (χ4n) is 0.659. The van der Waals surface area contributed by atoms with Crippen LogP contribution in [0.2, 0.25) is 0 Å². The second-order valence-electron chi connectivity index (χ2n) is 2.19. The molecule has 0 heterocycles. The molecule has 0 bridgehead atoms. The molecule has 0 radical (unpaired) electrons. The molecule has 6 heteroatoms. The highest BCUT2D eigenvalue weighted by molar-refractivity contribution is 5.37. The Morgan fingerprint density at radius 1 is 1.25 bits per heavy atom. The first-order chi connectivity index (χ1) is 5.67. The smallest absolute Gasteiger partial charge is 0.293 e. The van der Waals surface area contributed by atoms with Crippen molar-refractivity contribution in [1.82, 2.24) is 0 Å². The van der Waals surface area contributed by atoms with Crippen LogP contribution >= 0.6 is 0 Å². The molecule has 0 spiro atoms. The molecule has 0 aliphatic rings. The summed E-state index contributed by atoms with van der Waals surface area (Å²) >= 11 is 0. The first-order valence-electron chi connectivity index (χ1n) is 3.34. The number of ether oxygens (including phenoxy) is 1. The SMILES string of the molecule is O=COC(CO)[C@H](O)[C@@H](O)CO. The number of carbonyl (C=O) groups is 1. The molecule has 4 N–H and O–H groups in total. The van der Waals surface area contributed by atoms with Crippen molar-refractivity contribution in [2.45, 2.75) is 18.3 Å². The van der Waals surface area contributed by atoms with Gasteiger partial charge in [-0.15, -0.1) is 0 Å². The Labute approximate surface area is 69.0 Å². The molecule has 0 aromatic heterocycles. The van der Waals surface area contributed by atoms with Crippen LogP contribution in [0.15, 0.2) is 0 Å². The molecule has 0 aliphatic heterocycles. The van der Waals surface area contributed by atoms with Crippen LogP contribution in [-0.2, 0) is 9.53 Å². The molecule has 0 aliphatic carbocycles. The molecule has 0 aromatic rings. The second kappa shape index (κ2) is 5.90. The summed E-state index contributed by atoms with van der Waals surface area (Å²) in [5.41, 5.74) is 0. The van der Waals surface area contributed by atoms with Gasteiger partial charge in [-0.2, -0.15) is 0 Å². The lowest BCUT2D eigenvalue weighted by atomic mass is 10.1. The van der Waals surface area contributed by atoms with Crippen LogP contribution in [0.4, 0.5) is 0 Å². The van der Waals surface area contributed by atoms with E-state index >= 15 is 0 Å². The number of aliphatic hydroxyl groups is 4. The van der Waals surface area contributed by atoms with Gasteiger partial charge < -0.3 is 25.2 Å². The maximum Gasteiger partial charge on any atom is 0.293 e. The van der Waals surface area contributed by atoms with Crippen LogP contribution in [0.25, 0.3) is 0 Å². The monoisotopic (exact) mass is 180 g/mol. The van der Waals surface area contributed by atoms with Crippen molar-refractivity contribution in [3.63, 3.8) is 0 Å². The van der Waals surface area contributed by atoms with Crippen molar-refractivity contribution in [2.75, 3.05) is 13.2 Å². The molecule has 0 saturated heterocycles. The molecule has 0 amide bonds. The summed E-state index contributed by atoms with van der Waals surface area (Å²) in [6, 6.07) is 0. The van der Waals surface area contributed by atoms with E-state index in [0.717, 1.165) is 0 Å². The lowest BCUT2D eigenvalue weighted by Gasteiger charge is -2.22. The molecule has 0 aromatic carbocycles. The number of rotatable bonds is 6. The van der Waals surface area contributed by atoms with E-state index in [2.05, 4.69) is 4.74 Å². The van der Waals surface area contributed by atoms with E-state index in [1.165, 1.54) is 0 Å². The second-order valence-corrected chi connectivity index (χ2v) is 2.19. The summed E-state index contributed by atoms with van der Waals surface area (Å²) in [7, 11) is 0. The van der Waals surface area contributed by atoms with Gasteiger partial charge in [0.2, 0.25) is 0 Å². The minimum Gasteiger partial charge on any atom is -0.459 e. The van der Waals surface area contributed by atoms with E-state index in [4.69, 9.17) is 20.4 Å². The average molecular weight is 180 g/mol. The Bertz CT molecular complexity index is 127. The maximum absolute atomic E-state index is 9.80. The fraction of sp³-hybridized carbons (Fsp3) is 0.833. The lowest BCUT2D eigenvalue weighted by molar-refractivity contribution is -0.150. The average Bonchev–Trinajstić information content (AvgIpc) is 2.11. The van der Waals surface area contributed by atoms with E-state index in [-0.39, 0.29) is 6.47 Å². The van der Waals surface area contributed by atoms with Crippen LogP contribution < -0.4 is 0 Å². The van der Waals surface area contributed by atoms with Crippen molar-refractivity contribution < 1.29 is 30.0 Å². The topological polar surface area (TPSA) is 107 Å². The summed E-state index contributed by atoms with van der Waals surface area (Å²) in [5, 5.41) is 34.8. The van der Waals surface area contributed by atoms with Crippen LogP contribution in [0.5, 0.6) is 0 Å². The Hall–Kier alpha value is -0.690. The van der Waals surface area contributed by atoms with Gasteiger partial charge in [0.15, 0.2) is 6.10 Å². The van der Waals surface area contributed by atoms with Crippen LogP contribution in [-0.4, -0.2) is 58.4 Å². The van der Waals surface area contributed by atoms with Gasteiger partial charge in [0.25, 0.3) is 6.47 Å². The third-order valence-corrected chi connectivity index (χ3v) is 1.37. The van der Waals surface area contributed by atoms with Crippen molar-refractivity contribution in [3.05, 3.63) is 0 Å². The van der Waals surface area contributed by atoms with Gasteiger partial charge in [0, 0.05) is 0 Å². The van der Waals surface area contributed by atoms with Crippen molar-refractivity contribution in [1.29, 1.82) is 0 Å². The first-order valence-corrected chi connectivity index (χ1v) is 3.34. The van der Waals surface area contributed by atoms with E-state index in [1.54, 1.807) is 0 Å². The van der Waals surface area contributed by atoms with Crippen LogP contribution in [0, 0.1) is 0 Å². The van der Waals surface area contributed by atoms with Crippen molar-refractivity contribution in [3.8, 4) is 0 Å². The molecular weight excluding hydrogens is 168 g/mol. The standard InChI is InChI=1S/C6H12O6/c7-1-4(10)6(11)5(2-8)12-3-9/h3-8,10-11H,1-2H2/t4-,5?,6+/m0/s1. The zero-order valence-electron chi connectivity index (χ0n) is 6.33. The predicted octanol–water partition coefficient (Wildman–Crippen LogP) is -2.77. The Kier molecular flexibility index (Phi) is 5.56. The Morgan fingerprint density at radius 3 is 2.17 bits per heavy atom. The van der Waals surface area contributed by atoms with E-state index in [1.807, 2.05) is 0 Å². The largest absolute Gasteiger partial charge is 0.459 e. The maximum atomic E-state index is 9.80. The molecule has 3 atom stereocenters. The summed E-state index contributed by atoms with van der Waals surface area (Å²) in [4.78, 5) is 9.80. The molecule has 0 fully saturated rings. The quantitative estimate of drug-likeness (QED) is 0.330.